The van der Waals surface area contributed by atoms with Crippen molar-refractivity contribution in [2.45, 2.75) is 88.3 Å². The zero-order valence-corrected chi connectivity index (χ0v) is 65.4. The number of hydrogen-bond acceptors (Lipinski definition) is 4. The molecule has 0 radical (unpaired) electrons. The number of methoxy groups -OCH3 is 4. The van der Waals surface area contributed by atoms with Crippen molar-refractivity contribution < 1.29 is 33.9 Å². The number of ether oxygens (including phenoxy) is 4. The molecule has 8 unspecified atom stereocenters. The van der Waals surface area contributed by atoms with E-state index in [2.05, 4.69) is 309 Å². The van der Waals surface area contributed by atoms with E-state index in [0.717, 1.165) is 56.6 Å². The summed E-state index contributed by atoms with van der Waals surface area (Å²) in [5.74, 6) is 3.00. The zero-order chi connectivity index (χ0) is 69.4. The van der Waals surface area contributed by atoms with E-state index < -0.39 is 43.5 Å². The molecule has 8 atom stereocenters. The molecule has 0 N–H and O–H groups in total. The Morgan fingerprint density at radius 2 is 0.535 bits per heavy atom. The van der Waals surface area contributed by atoms with Crippen molar-refractivity contribution in [2.75, 3.05) is 28.4 Å². The molecule has 5 spiro atoms. The maximum atomic E-state index is 11.7. The van der Waals surface area contributed by atoms with Crippen LogP contribution >= 0.6 is 17.0 Å². The molecule has 2 aliphatic heterocycles. The Bertz CT molecular complexity index is 4960. The molecule has 2 heterocycles. The van der Waals surface area contributed by atoms with Crippen LogP contribution in [0.1, 0.15) is 87.5 Å². The van der Waals surface area contributed by atoms with Gasteiger partial charge in [0.1, 0.15) is 0 Å². The standard InChI is InChI=1S/2C46H42O2Si.2ClH.Zr/c2*1-6-49(45-29(2)23-43-39(11-7-9-13-41(43)45)35-17-15-33-27-37(47-4)21-19-31(33)25-35)46-30(3)24-44-40(12-8-10-14-42(44)46)36-18-16-34-28-38(48-5)22-20-32(34)26-36;;;/h2*7-28,39-40,49H,6H2,1-5H3;2*1H;/q;;;;+2/p-2. The van der Waals surface area contributed by atoms with Crippen LogP contribution in [0.4, 0.5) is 0 Å². The van der Waals surface area contributed by atoms with E-state index in [1.54, 1.807) is 28.4 Å². The summed E-state index contributed by atoms with van der Waals surface area (Å²) in [5.41, 5.74) is 21.2. The second-order valence-corrected chi connectivity index (χ2v) is 71.1. The molecule has 0 saturated carbocycles. The number of hydrogen-bond donors (Lipinski definition) is 0. The van der Waals surface area contributed by atoms with Crippen LogP contribution in [0.25, 0.3) is 43.1 Å². The summed E-state index contributed by atoms with van der Waals surface area (Å²) < 4.78 is 20.1. The third-order valence-corrected chi connectivity index (χ3v) is 110. The normalized spacial score (nSPS) is 30.0. The van der Waals surface area contributed by atoms with Gasteiger partial charge in [0.2, 0.25) is 0 Å². The Labute approximate surface area is 602 Å². The van der Waals surface area contributed by atoms with Crippen LogP contribution < -0.4 is 18.9 Å². The van der Waals surface area contributed by atoms with Crippen molar-refractivity contribution in [1.82, 2.24) is 0 Å². The number of benzene rings is 8. The molecule has 0 bridgehead atoms. The van der Waals surface area contributed by atoms with Crippen LogP contribution in [-0.4, -0.2) is 46.0 Å². The Morgan fingerprint density at radius 3 is 0.752 bits per heavy atom. The summed E-state index contributed by atoms with van der Waals surface area (Å²) in [6.07, 6.45) is 49.7. The van der Waals surface area contributed by atoms with Gasteiger partial charge in [-0.05, 0) is 0 Å². The van der Waals surface area contributed by atoms with Gasteiger partial charge in [0.25, 0.3) is 0 Å². The molecule has 502 valence electrons. The van der Waals surface area contributed by atoms with E-state index in [0.29, 0.717) is 0 Å². The van der Waals surface area contributed by atoms with Gasteiger partial charge in [-0.2, -0.15) is 0 Å². The van der Waals surface area contributed by atoms with Crippen LogP contribution in [0.3, 0.4) is 0 Å². The zero-order valence-electron chi connectivity index (χ0n) is 59.2. The van der Waals surface area contributed by atoms with Gasteiger partial charge < -0.3 is 0 Å². The first-order valence-electron chi connectivity index (χ1n) is 36.2. The molecule has 2 fully saturated rings. The van der Waals surface area contributed by atoms with Crippen LogP contribution in [0.5, 0.6) is 23.0 Å². The van der Waals surface area contributed by atoms with E-state index >= 15 is 0 Å². The molecule has 8 aromatic rings. The number of rotatable bonds is 10. The third-order valence-electron chi connectivity index (χ3n) is 27.2. The molecule has 8 aromatic carbocycles. The van der Waals surface area contributed by atoms with Crippen LogP contribution in [-0.2, 0) is 14.9 Å². The van der Waals surface area contributed by atoms with E-state index in [-0.39, 0.29) is 23.7 Å². The second kappa shape index (κ2) is 22.6. The molecule has 0 amide bonds. The predicted octanol–water partition coefficient (Wildman–Crippen LogP) is 24.1. The summed E-state index contributed by atoms with van der Waals surface area (Å²) in [5, 5.41) is 9.33. The quantitative estimate of drug-likeness (QED) is 0.128. The Hall–Kier alpha value is -8.26. The van der Waals surface area contributed by atoms with E-state index in [4.69, 9.17) is 18.9 Å². The molecule has 18 rings (SSSR count). The molecule has 9 heteroatoms. The van der Waals surface area contributed by atoms with Crippen LogP contribution in [0, 0.1) is 0 Å². The van der Waals surface area contributed by atoms with Crippen molar-refractivity contribution in [1.29, 1.82) is 0 Å². The number of allylic oxidation sites excluding steroid dienone is 32. The fourth-order valence-electron chi connectivity index (χ4n) is 24.5. The average Bonchev–Trinajstić information content (AvgIpc) is 1.52. The van der Waals surface area contributed by atoms with Gasteiger partial charge in [0.15, 0.2) is 0 Å². The predicted molar refractivity (Wildman–Crippen MR) is 427 cm³/mol. The van der Waals surface area contributed by atoms with Crippen LogP contribution in [0.15, 0.2) is 334 Å². The first kappa shape index (κ1) is 64.8. The minimum atomic E-state index is -7.84. The first-order valence-corrected chi connectivity index (χ1v) is 51.4. The Balaban J connectivity index is 1.00. The number of halogens is 2. The van der Waals surface area contributed by atoms with Crippen molar-refractivity contribution in [3.05, 3.63) is 356 Å². The van der Waals surface area contributed by atoms with E-state index in [1.807, 2.05) is 0 Å². The van der Waals surface area contributed by atoms with E-state index in [1.165, 1.54) is 111 Å². The first-order chi connectivity index (χ1) is 49.0. The molecule has 2 saturated heterocycles. The van der Waals surface area contributed by atoms with Crippen molar-refractivity contribution in [3.8, 4) is 23.0 Å². The van der Waals surface area contributed by atoms with Gasteiger partial charge in [-0.15, -0.1) is 0 Å². The van der Waals surface area contributed by atoms with Crippen molar-refractivity contribution in [2.24, 2.45) is 0 Å². The molecular weight excluding hydrogens is 1390 g/mol. The summed E-state index contributed by atoms with van der Waals surface area (Å²) in [6.45, 7) is 15.2. The Morgan fingerprint density at radius 1 is 0.317 bits per heavy atom. The van der Waals surface area contributed by atoms with E-state index in [9.17, 15) is 17.0 Å². The van der Waals surface area contributed by atoms with Gasteiger partial charge in [-0.1, -0.05) is 0 Å². The van der Waals surface area contributed by atoms with Crippen molar-refractivity contribution in [3.63, 3.8) is 0 Å². The topological polar surface area (TPSA) is 36.9 Å². The second-order valence-electron chi connectivity index (χ2n) is 30.3. The van der Waals surface area contributed by atoms with Gasteiger partial charge in [0.05, 0.1) is 0 Å². The summed E-state index contributed by atoms with van der Waals surface area (Å²) in [6, 6.07) is 56.2. The molecular formula is C92H84Cl2O4Si2Zr. The minimum absolute atomic E-state index is 0.102. The molecule has 101 heavy (non-hydrogen) atoms. The maximum absolute atomic E-state index is 11.7. The third kappa shape index (κ3) is 7.41. The SMILES string of the molecule is CC[SiH]1[C]2(C(C)=CC3=C2C=CC=CC3c2ccc3cc(OC)ccc3c2)[Zr]2([Cl])([Cl])([C]13C(C)=CC1=C3C=CC=CC1c1ccc3cc(OC)ccc3c1)[C]1(C(C)=CC3=C1C=CC=CC3c1ccc3cc(OC)ccc3c1)[SiH](CC)[C]21C(C)=CC2=C1C=CC=CC2c1ccc2cc(OC)ccc2c1. The Kier molecular flexibility index (Phi) is 14.5. The molecule has 8 aliphatic carbocycles. The monoisotopic (exact) mass is 1470 g/mol. The summed E-state index contributed by atoms with van der Waals surface area (Å²) in [7, 11) is 25.2. The molecule has 10 aliphatic rings. The fourth-order valence-corrected chi connectivity index (χ4v) is 145. The van der Waals surface area contributed by atoms with Gasteiger partial charge in [-0.3, -0.25) is 0 Å². The summed E-state index contributed by atoms with van der Waals surface area (Å²) >= 11 is -7.84. The van der Waals surface area contributed by atoms with Gasteiger partial charge >= 0.3 is 608 Å². The molecule has 0 aromatic heterocycles. The average molecular weight is 1470 g/mol. The number of fused-ring (bicyclic) bond motifs is 12. The fraction of sp³-hybridized carbons (Fsp3) is 0.217. The van der Waals surface area contributed by atoms with Gasteiger partial charge in [0, 0.05) is 0 Å². The van der Waals surface area contributed by atoms with Crippen molar-refractivity contribution >= 4 is 77.7 Å². The van der Waals surface area contributed by atoms with Crippen LogP contribution in [0.2, 0.25) is 23.1 Å². The summed E-state index contributed by atoms with van der Waals surface area (Å²) in [4.78, 5) is 0. The molecule has 4 nitrogen and oxygen atoms in total. The van der Waals surface area contributed by atoms with Gasteiger partial charge in [-0.25, -0.2) is 0 Å².